The lowest BCUT2D eigenvalue weighted by molar-refractivity contribution is 0.288. The van der Waals surface area contributed by atoms with Gasteiger partial charge in [0.1, 0.15) is 5.75 Å². The van der Waals surface area contributed by atoms with Crippen LogP contribution in [0.4, 0.5) is 0 Å². The first-order chi connectivity index (χ1) is 8.13. The van der Waals surface area contributed by atoms with E-state index in [-0.39, 0.29) is 5.75 Å². The summed E-state index contributed by atoms with van der Waals surface area (Å²) in [6.45, 7) is 1.11. The molecule has 1 aromatic rings. The van der Waals surface area contributed by atoms with E-state index in [1.165, 1.54) is 0 Å². The van der Waals surface area contributed by atoms with Crippen molar-refractivity contribution in [1.29, 1.82) is 0 Å². The number of nitrogens with two attached hydrogens (primary N) is 1. The first-order valence-electron chi connectivity index (χ1n) is 5.82. The summed E-state index contributed by atoms with van der Waals surface area (Å²) in [6.07, 6.45) is 2.32. The Kier molecular flexibility index (Phi) is 3.69. The number of aryl methyl sites for hydroxylation is 1. The van der Waals surface area contributed by atoms with Gasteiger partial charge in [-0.2, -0.15) is 0 Å². The Morgan fingerprint density at radius 1 is 1.35 bits per heavy atom. The van der Waals surface area contributed by atoms with Gasteiger partial charge in [0.05, 0.1) is 17.3 Å². The molecule has 94 valence electrons. The Balaban J connectivity index is 2.27. The quantitative estimate of drug-likeness (QED) is 0.875. The van der Waals surface area contributed by atoms with Crippen LogP contribution in [0, 0.1) is 0 Å². The number of hydrogen-bond acceptors (Lipinski definition) is 4. The zero-order valence-corrected chi connectivity index (χ0v) is 10.5. The average molecular weight is 255 g/mol. The summed E-state index contributed by atoms with van der Waals surface area (Å²) in [5, 5.41) is 0. The zero-order valence-electron chi connectivity index (χ0n) is 9.69. The molecule has 0 unspecified atom stereocenters. The predicted molar refractivity (Wildman–Crippen MR) is 66.0 cm³/mol. The van der Waals surface area contributed by atoms with Gasteiger partial charge < -0.3 is 10.5 Å². The molecule has 2 rings (SSSR count). The van der Waals surface area contributed by atoms with Gasteiger partial charge >= 0.3 is 0 Å². The topological polar surface area (TPSA) is 69.4 Å². The molecule has 1 heterocycles. The van der Waals surface area contributed by atoms with E-state index in [0.717, 1.165) is 24.2 Å². The lowest BCUT2D eigenvalue weighted by Crippen LogP contribution is -2.13. The lowest BCUT2D eigenvalue weighted by Gasteiger charge is -2.17. The number of rotatable bonds is 4. The highest BCUT2D eigenvalue weighted by molar-refractivity contribution is 7.91. The standard InChI is InChI=1S/C12H17NO3S/c13-6-2-8-17(14,15)11-4-5-12-10(9-11)3-1-7-16-12/h4-5,9H,1-3,6-8,13H2. The minimum Gasteiger partial charge on any atom is -0.493 e. The fraction of sp³-hybridized carbons (Fsp3) is 0.500. The molecule has 1 aromatic carbocycles. The third-order valence-electron chi connectivity index (χ3n) is 2.86. The molecule has 0 bridgehead atoms. The van der Waals surface area contributed by atoms with Crippen LogP contribution in [0.2, 0.25) is 0 Å². The van der Waals surface area contributed by atoms with Gasteiger partial charge in [0.25, 0.3) is 0 Å². The molecule has 17 heavy (non-hydrogen) atoms. The predicted octanol–water partition coefficient (Wildman–Crippen LogP) is 1.13. The molecule has 0 saturated carbocycles. The van der Waals surface area contributed by atoms with E-state index in [1.807, 2.05) is 0 Å². The third kappa shape index (κ3) is 2.79. The molecular weight excluding hydrogens is 238 g/mol. The minimum atomic E-state index is -3.19. The molecule has 2 N–H and O–H groups in total. The molecule has 0 fully saturated rings. The number of ether oxygens (including phenoxy) is 1. The highest BCUT2D eigenvalue weighted by Gasteiger charge is 2.17. The van der Waals surface area contributed by atoms with Gasteiger partial charge in [-0.05, 0) is 49.6 Å². The van der Waals surface area contributed by atoms with Crippen molar-refractivity contribution in [2.75, 3.05) is 18.9 Å². The van der Waals surface area contributed by atoms with Crippen molar-refractivity contribution in [2.45, 2.75) is 24.2 Å². The molecule has 0 aromatic heterocycles. The molecule has 4 nitrogen and oxygen atoms in total. The second-order valence-electron chi connectivity index (χ2n) is 4.18. The summed E-state index contributed by atoms with van der Waals surface area (Å²) in [5.74, 6) is 0.928. The van der Waals surface area contributed by atoms with Crippen molar-refractivity contribution in [3.8, 4) is 5.75 Å². The molecule has 1 aliphatic heterocycles. The van der Waals surface area contributed by atoms with Crippen LogP contribution in [0.5, 0.6) is 5.75 Å². The first kappa shape index (κ1) is 12.4. The zero-order chi connectivity index (χ0) is 12.3. The van der Waals surface area contributed by atoms with E-state index >= 15 is 0 Å². The number of sulfone groups is 1. The monoisotopic (exact) mass is 255 g/mol. The fourth-order valence-electron chi connectivity index (χ4n) is 1.92. The van der Waals surface area contributed by atoms with Crippen molar-refractivity contribution >= 4 is 9.84 Å². The lowest BCUT2D eigenvalue weighted by atomic mass is 10.1. The highest BCUT2D eigenvalue weighted by atomic mass is 32.2. The Morgan fingerprint density at radius 2 is 2.18 bits per heavy atom. The Labute approximate surface area is 102 Å². The molecule has 0 atom stereocenters. The van der Waals surface area contributed by atoms with Crippen LogP contribution in [-0.2, 0) is 16.3 Å². The fourth-order valence-corrected chi connectivity index (χ4v) is 3.30. The van der Waals surface area contributed by atoms with Gasteiger partial charge in [-0.25, -0.2) is 8.42 Å². The molecule has 5 heteroatoms. The number of fused-ring (bicyclic) bond motifs is 1. The van der Waals surface area contributed by atoms with Crippen molar-refractivity contribution in [1.82, 2.24) is 0 Å². The molecule has 0 spiro atoms. The van der Waals surface area contributed by atoms with Crippen molar-refractivity contribution in [2.24, 2.45) is 5.73 Å². The first-order valence-corrected chi connectivity index (χ1v) is 7.47. The van der Waals surface area contributed by atoms with Crippen LogP contribution in [-0.4, -0.2) is 27.3 Å². The van der Waals surface area contributed by atoms with Gasteiger partial charge in [0.2, 0.25) is 0 Å². The molecule has 0 aliphatic carbocycles. The summed E-state index contributed by atoms with van der Waals surface area (Å²) in [5.41, 5.74) is 6.33. The van der Waals surface area contributed by atoms with E-state index in [2.05, 4.69) is 0 Å². The maximum absolute atomic E-state index is 12.0. The van der Waals surface area contributed by atoms with Crippen LogP contribution in [0.25, 0.3) is 0 Å². The SMILES string of the molecule is NCCCS(=O)(=O)c1ccc2c(c1)CCCO2. The van der Waals surface area contributed by atoms with Crippen LogP contribution in [0.15, 0.2) is 23.1 Å². The van der Waals surface area contributed by atoms with Gasteiger partial charge in [-0.3, -0.25) is 0 Å². The van der Waals surface area contributed by atoms with Crippen LogP contribution in [0.1, 0.15) is 18.4 Å². The van der Waals surface area contributed by atoms with Crippen molar-refractivity contribution in [3.63, 3.8) is 0 Å². The van der Waals surface area contributed by atoms with E-state index < -0.39 is 9.84 Å². The van der Waals surface area contributed by atoms with Crippen LogP contribution < -0.4 is 10.5 Å². The normalized spacial score (nSPS) is 15.1. The van der Waals surface area contributed by atoms with Gasteiger partial charge in [-0.15, -0.1) is 0 Å². The summed E-state index contributed by atoms with van der Waals surface area (Å²) in [4.78, 5) is 0.384. The van der Waals surface area contributed by atoms with E-state index in [1.54, 1.807) is 18.2 Å². The minimum absolute atomic E-state index is 0.114. The molecule has 1 aliphatic rings. The Morgan fingerprint density at radius 3 is 2.94 bits per heavy atom. The smallest absolute Gasteiger partial charge is 0.178 e. The molecule has 0 saturated heterocycles. The van der Waals surface area contributed by atoms with Crippen molar-refractivity contribution < 1.29 is 13.2 Å². The maximum atomic E-state index is 12.0. The van der Waals surface area contributed by atoms with Crippen LogP contribution in [0.3, 0.4) is 0 Å². The summed E-state index contributed by atoms with van der Waals surface area (Å²) in [6, 6.07) is 5.11. The van der Waals surface area contributed by atoms with Crippen LogP contribution >= 0.6 is 0 Å². The average Bonchev–Trinajstić information content (AvgIpc) is 2.36. The highest BCUT2D eigenvalue weighted by Crippen LogP contribution is 2.27. The number of benzene rings is 1. The largest absolute Gasteiger partial charge is 0.493 e. The summed E-state index contributed by atoms with van der Waals surface area (Å²) < 4.78 is 29.4. The van der Waals surface area contributed by atoms with E-state index in [9.17, 15) is 8.42 Å². The molecular formula is C12H17NO3S. The maximum Gasteiger partial charge on any atom is 0.178 e. The van der Waals surface area contributed by atoms with Gasteiger partial charge in [0, 0.05) is 0 Å². The Hall–Kier alpha value is -1.07. The number of hydrogen-bond donors (Lipinski definition) is 1. The second-order valence-corrected chi connectivity index (χ2v) is 6.29. The second kappa shape index (κ2) is 5.06. The van der Waals surface area contributed by atoms with Gasteiger partial charge in [-0.1, -0.05) is 0 Å². The molecule has 0 radical (unpaired) electrons. The summed E-state index contributed by atoms with van der Waals surface area (Å²) in [7, 11) is -3.19. The van der Waals surface area contributed by atoms with E-state index in [4.69, 9.17) is 10.5 Å². The summed E-state index contributed by atoms with van der Waals surface area (Å²) >= 11 is 0. The van der Waals surface area contributed by atoms with Gasteiger partial charge in [0.15, 0.2) is 9.84 Å². The van der Waals surface area contributed by atoms with E-state index in [0.29, 0.717) is 24.5 Å². The Bertz CT molecular complexity index is 496. The molecule has 0 amide bonds. The van der Waals surface area contributed by atoms with Crippen molar-refractivity contribution in [3.05, 3.63) is 23.8 Å². The third-order valence-corrected chi connectivity index (χ3v) is 4.65.